The summed E-state index contributed by atoms with van der Waals surface area (Å²) in [7, 11) is 2.15. The molecule has 20 heavy (non-hydrogen) atoms. The summed E-state index contributed by atoms with van der Waals surface area (Å²) in [5.41, 5.74) is 3.34. The monoisotopic (exact) mass is 268 g/mol. The number of nitrogens with zero attached hydrogens (tertiary/aromatic N) is 3. The molecule has 3 rings (SSSR count). The molecule has 1 heterocycles. The number of H-pyrrole nitrogens is 1. The third kappa shape index (κ3) is 2.36. The van der Waals surface area contributed by atoms with Gasteiger partial charge in [0.05, 0.1) is 17.1 Å². The van der Waals surface area contributed by atoms with Crippen molar-refractivity contribution in [3.8, 4) is 6.07 Å². The Kier molecular flexibility index (Phi) is 3.35. The van der Waals surface area contributed by atoms with Crippen molar-refractivity contribution in [3.63, 3.8) is 0 Å². The predicted octanol–water partition coefficient (Wildman–Crippen LogP) is 3.39. The van der Waals surface area contributed by atoms with Crippen LogP contribution in [0.15, 0.2) is 18.2 Å². The van der Waals surface area contributed by atoms with E-state index in [0.29, 0.717) is 6.04 Å². The van der Waals surface area contributed by atoms with Crippen molar-refractivity contribution in [1.29, 1.82) is 5.26 Å². The molecule has 1 aromatic carbocycles. The van der Waals surface area contributed by atoms with Gasteiger partial charge < -0.3 is 9.88 Å². The molecule has 4 nitrogen and oxygen atoms in total. The van der Waals surface area contributed by atoms with Crippen LogP contribution in [0.3, 0.4) is 0 Å². The van der Waals surface area contributed by atoms with Crippen LogP contribution in [0.4, 0.5) is 5.69 Å². The highest BCUT2D eigenvalue weighted by atomic mass is 15.1. The Hall–Kier alpha value is -2.02. The van der Waals surface area contributed by atoms with Crippen molar-refractivity contribution in [2.24, 2.45) is 5.92 Å². The molecular weight excluding hydrogens is 248 g/mol. The van der Waals surface area contributed by atoms with Crippen LogP contribution in [0.1, 0.15) is 31.5 Å². The molecular formula is C16H20N4. The highest BCUT2D eigenvalue weighted by Crippen LogP contribution is 2.30. The molecule has 104 valence electrons. The second-order valence-electron chi connectivity index (χ2n) is 5.77. The van der Waals surface area contributed by atoms with E-state index in [-0.39, 0.29) is 5.92 Å². The Balaban J connectivity index is 1.78. The van der Waals surface area contributed by atoms with Crippen LogP contribution in [0.5, 0.6) is 0 Å². The van der Waals surface area contributed by atoms with Gasteiger partial charge in [0, 0.05) is 24.7 Å². The van der Waals surface area contributed by atoms with Gasteiger partial charge in [0.2, 0.25) is 0 Å². The smallest absolute Gasteiger partial charge is 0.104 e. The van der Waals surface area contributed by atoms with Gasteiger partial charge >= 0.3 is 0 Å². The van der Waals surface area contributed by atoms with E-state index in [2.05, 4.69) is 46.2 Å². The number of hydrogen-bond acceptors (Lipinski definition) is 3. The van der Waals surface area contributed by atoms with Gasteiger partial charge in [-0.3, -0.25) is 0 Å². The molecule has 0 radical (unpaired) electrons. The maximum atomic E-state index is 8.98. The van der Waals surface area contributed by atoms with Gasteiger partial charge in [-0.1, -0.05) is 0 Å². The zero-order valence-corrected chi connectivity index (χ0v) is 12.1. The van der Waals surface area contributed by atoms with Crippen molar-refractivity contribution in [2.75, 3.05) is 11.9 Å². The summed E-state index contributed by atoms with van der Waals surface area (Å²) in [6.07, 6.45) is 4.26. The number of hydrogen-bond donors (Lipinski definition) is 1. The Morgan fingerprint density at radius 2 is 2.05 bits per heavy atom. The van der Waals surface area contributed by atoms with Crippen molar-refractivity contribution in [3.05, 3.63) is 24.0 Å². The standard InChI is InChI=1S/C16H20N4/c1-11-18-15-8-7-14(9-16(15)19-11)20(2)13-5-3-12(10-17)4-6-13/h7-9,12-13H,3-6H2,1-2H3,(H,18,19). The quantitative estimate of drug-likeness (QED) is 0.908. The minimum Gasteiger partial charge on any atom is -0.372 e. The lowest BCUT2D eigenvalue weighted by molar-refractivity contribution is 0.372. The highest BCUT2D eigenvalue weighted by molar-refractivity contribution is 5.79. The first-order chi connectivity index (χ1) is 9.67. The average molecular weight is 268 g/mol. The topological polar surface area (TPSA) is 55.7 Å². The lowest BCUT2D eigenvalue weighted by Crippen LogP contribution is -2.34. The largest absolute Gasteiger partial charge is 0.372 e. The minimum absolute atomic E-state index is 0.261. The van der Waals surface area contributed by atoms with Gasteiger partial charge in [-0.05, 0) is 50.8 Å². The average Bonchev–Trinajstić information content (AvgIpc) is 2.85. The third-order valence-electron chi connectivity index (χ3n) is 4.42. The fourth-order valence-corrected chi connectivity index (χ4v) is 3.15. The zero-order valence-electron chi connectivity index (χ0n) is 12.1. The summed E-state index contributed by atoms with van der Waals surface area (Å²) < 4.78 is 0. The number of anilines is 1. The summed E-state index contributed by atoms with van der Waals surface area (Å²) in [5, 5.41) is 8.98. The Morgan fingerprint density at radius 1 is 1.30 bits per heavy atom. The molecule has 4 heteroatoms. The SMILES string of the molecule is Cc1nc2ccc(N(C)C3CCC(C#N)CC3)cc2[nH]1. The van der Waals surface area contributed by atoms with E-state index in [4.69, 9.17) is 5.26 Å². The number of imidazole rings is 1. The maximum Gasteiger partial charge on any atom is 0.104 e. The second-order valence-corrected chi connectivity index (χ2v) is 5.77. The molecule has 0 atom stereocenters. The molecule has 0 amide bonds. The minimum atomic E-state index is 0.261. The number of benzene rings is 1. The van der Waals surface area contributed by atoms with Crippen LogP contribution in [-0.2, 0) is 0 Å². The van der Waals surface area contributed by atoms with Gasteiger partial charge in [-0.15, -0.1) is 0 Å². The molecule has 1 fully saturated rings. The predicted molar refractivity (Wildman–Crippen MR) is 80.6 cm³/mol. The first-order valence-corrected chi connectivity index (χ1v) is 7.26. The fraction of sp³-hybridized carbons (Fsp3) is 0.500. The number of rotatable bonds is 2. The van der Waals surface area contributed by atoms with Crippen molar-refractivity contribution >= 4 is 16.7 Å². The molecule has 1 saturated carbocycles. The van der Waals surface area contributed by atoms with E-state index in [1.165, 1.54) is 5.69 Å². The Labute approximate surface area is 119 Å². The first-order valence-electron chi connectivity index (χ1n) is 7.26. The lowest BCUT2D eigenvalue weighted by Gasteiger charge is -2.34. The van der Waals surface area contributed by atoms with Gasteiger partial charge in [-0.25, -0.2) is 4.98 Å². The number of aromatic amines is 1. The van der Waals surface area contributed by atoms with E-state index in [1.807, 2.05) is 6.92 Å². The van der Waals surface area contributed by atoms with Gasteiger partial charge in [0.15, 0.2) is 0 Å². The summed E-state index contributed by atoms with van der Waals surface area (Å²) in [6, 6.07) is 9.33. The van der Waals surface area contributed by atoms with Crippen molar-refractivity contribution < 1.29 is 0 Å². The number of nitrogens with one attached hydrogen (secondary N) is 1. The summed E-state index contributed by atoms with van der Waals surface area (Å²) in [6.45, 7) is 1.98. The van der Waals surface area contributed by atoms with Crippen LogP contribution < -0.4 is 4.90 Å². The van der Waals surface area contributed by atoms with Gasteiger partial charge in [-0.2, -0.15) is 5.26 Å². The zero-order chi connectivity index (χ0) is 14.1. The molecule has 1 N–H and O–H groups in total. The first kappa shape index (κ1) is 13.0. The van der Waals surface area contributed by atoms with Crippen LogP contribution in [0.25, 0.3) is 11.0 Å². The molecule has 1 aliphatic carbocycles. The van der Waals surface area contributed by atoms with Gasteiger partial charge in [0.1, 0.15) is 5.82 Å². The molecule has 0 aliphatic heterocycles. The summed E-state index contributed by atoms with van der Waals surface area (Å²) in [4.78, 5) is 10.1. The van der Waals surface area contributed by atoms with Crippen molar-refractivity contribution in [1.82, 2.24) is 9.97 Å². The summed E-state index contributed by atoms with van der Waals surface area (Å²) >= 11 is 0. The summed E-state index contributed by atoms with van der Waals surface area (Å²) in [5.74, 6) is 1.21. The van der Waals surface area contributed by atoms with Crippen LogP contribution in [0.2, 0.25) is 0 Å². The Morgan fingerprint density at radius 3 is 2.75 bits per heavy atom. The molecule has 0 saturated heterocycles. The lowest BCUT2D eigenvalue weighted by atomic mass is 9.86. The van der Waals surface area contributed by atoms with E-state index < -0.39 is 0 Å². The van der Waals surface area contributed by atoms with E-state index >= 15 is 0 Å². The number of fused-ring (bicyclic) bond motifs is 1. The highest BCUT2D eigenvalue weighted by Gasteiger charge is 2.24. The number of nitriles is 1. The number of aromatic nitrogens is 2. The second kappa shape index (κ2) is 5.16. The van der Waals surface area contributed by atoms with Crippen LogP contribution in [0, 0.1) is 24.2 Å². The van der Waals surface area contributed by atoms with Crippen molar-refractivity contribution in [2.45, 2.75) is 38.6 Å². The van der Waals surface area contributed by atoms with E-state index in [0.717, 1.165) is 42.5 Å². The van der Waals surface area contributed by atoms with E-state index in [9.17, 15) is 0 Å². The van der Waals surface area contributed by atoms with E-state index in [1.54, 1.807) is 0 Å². The fourth-order valence-electron chi connectivity index (χ4n) is 3.15. The number of aryl methyl sites for hydroxylation is 1. The molecule has 0 spiro atoms. The molecule has 1 aliphatic rings. The van der Waals surface area contributed by atoms with Crippen LogP contribution >= 0.6 is 0 Å². The van der Waals surface area contributed by atoms with Crippen LogP contribution in [-0.4, -0.2) is 23.1 Å². The Bertz CT molecular complexity index is 644. The molecule has 0 bridgehead atoms. The maximum absolute atomic E-state index is 8.98. The molecule has 0 unspecified atom stereocenters. The van der Waals surface area contributed by atoms with Gasteiger partial charge in [0.25, 0.3) is 0 Å². The molecule has 1 aromatic heterocycles. The normalized spacial score (nSPS) is 22.6. The third-order valence-corrected chi connectivity index (χ3v) is 4.42. The molecule has 2 aromatic rings.